The zero-order chi connectivity index (χ0) is 26.2. The fourth-order valence-electron chi connectivity index (χ4n) is 4.40. The van der Waals surface area contributed by atoms with Crippen molar-refractivity contribution in [3.63, 3.8) is 0 Å². The molecule has 0 aliphatic carbocycles. The number of aromatic nitrogens is 1. The summed E-state index contributed by atoms with van der Waals surface area (Å²) < 4.78 is 39.7. The van der Waals surface area contributed by atoms with Gasteiger partial charge in [0.15, 0.2) is 0 Å². The lowest BCUT2D eigenvalue weighted by atomic mass is 9.90. The second-order valence-corrected chi connectivity index (χ2v) is 13.4. The second kappa shape index (κ2) is 9.90. The number of halogens is 2. The number of ether oxygens (including phenoxy) is 1. The first-order chi connectivity index (χ1) is 17.0. The largest absolute Gasteiger partial charge is 0.380 e. The minimum atomic E-state index is -1.69. The smallest absolute Gasteiger partial charge is 0.293 e. The van der Waals surface area contributed by atoms with Gasteiger partial charge in [0.1, 0.15) is 17.7 Å². The molecule has 0 fully saturated rings. The number of carbonyl (C=O) groups excluding carboxylic acids is 2. The van der Waals surface area contributed by atoms with Crippen molar-refractivity contribution < 1.29 is 27.6 Å². The van der Waals surface area contributed by atoms with Crippen LogP contribution in [0.15, 0.2) is 50.6 Å². The minimum absolute atomic E-state index is 0.00604. The Morgan fingerprint density at radius 1 is 1.17 bits per heavy atom. The Labute approximate surface area is 207 Å². The van der Waals surface area contributed by atoms with Crippen LogP contribution in [0.25, 0.3) is 0 Å². The van der Waals surface area contributed by atoms with E-state index in [9.17, 15) is 23.2 Å². The zero-order valence-electron chi connectivity index (χ0n) is 20.3. The van der Waals surface area contributed by atoms with E-state index in [0.717, 1.165) is 29.3 Å². The van der Waals surface area contributed by atoms with Gasteiger partial charge in [-0.05, 0) is 54.0 Å². The Kier molecular flexibility index (Phi) is 7.05. The molecule has 0 saturated heterocycles. The summed E-state index contributed by atoms with van der Waals surface area (Å²) in [5.41, 5.74) is 1.64. The Balaban J connectivity index is 1.72. The van der Waals surface area contributed by atoms with Crippen molar-refractivity contribution in [3.8, 4) is 0 Å². The van der Waals surface area contributed by atoms with Crippen LogP contribution in [0.5, 0.6) is 0 Å². The number of nitrogens with one attached hydrogen (secondary N) is 2. The number of benzene rings is 2. The summed E-state index contributed by atoms with van der Waals surface area (Å²) in [6.07, 6.45) is 5.76. The first kappa shape index (κ1) is 25.6. The SMILES string of the molecule is COCc1ccc2c(c1)CCN(C(=O)c1cc(=O)[nH]o1)[C@H]2C(=O)Nc1cc(F)c(S(C)(C)C)c(F)c1. The number of nitrogens with zero attached hydrogens (tertiary/aromatic N) is 1. The topological polar surface area (TPSA) is 105 Å². The monoisotopic (exact) mass is 519 g/mol. The Morgan fingerprint density at radius 3 is 2.44 bits per heavy atom. The molecule has 0 unspecified atom stereocenters. The van der Waals surface area contributed by atoms with Crippen molar-refractivity contribution in [1.82, 2.24) is 10.1 Å². The summed E-state index contributed by atoms with van der Waals surface area (Å²) >= 11 is 0. The maximum absolute atomic E-state index is 14.8. The zero-order valence-corrected chi connectivity index (χ0v) is 21.1. The molecule has 0 spiro atoms. The van der Waals surface area contributed by atoms with Gasteiger partial charge in [-0.25, -0.2) is 18.8 Å². The number of H-pyrrole nitrogens is 1. The van der Waals surface area contributed by atoms with Crippen LogP contribution in [0, 0.1) is 11.6 Å². The number of anilines is 1. The molecule has 2 aromatic carbocycles. The average Bonchev–Trinajstić information content (AvgIpc) is 3.22. The van der Waals surface area contributed by atoms with E-state index in [1.807, 2.05) is 6.07 Å². The van der Waals surface area contributed by atoms with Gasteiger partial charge in [0.2, 0.25) is 5.76 Å². The van der Waals surface area contributed by atoms with E-state index < -0.39 is 45.1 Å². The van der Waals surface area contributed by atoms with Gasteiger partial charge in [0, 0.05) is 19.3 Å². The van der Waals surface area contributed by atoms with Crippen LogP contribution in [0.2, 0.25) is 0 Å². The van der Waals surface area contributed by atoms with Gasteiger partial charge >= 0.3 is 0 Å². The lowest BCUT2D eigenvalue weighted by molar-refractivity contribution is -0.121. The molecule has 192 valence electrons. The van der Waals surface area contributed by atoms with Gasteiger partial charge in [-0.3, -0.25) is 14.4 Å². The maximum atomic E-state index is 14.8. The van der Waals surface area contributed by atoms with E-state index in [-0.39, 0.29) is 22.9 Å². The van der Waals surface area contributed by atoms with Crippen LogP contribution in [0.1, 0.15) is 33.3 Å². The lowest BCUT2D eigenvalue weighted by Gasteiger charge is -2.36. The van der Waals surface area contributed by atoms with E-state index in [2.05, 4.69) is 10.5 Å². The third-order valence-corrected chi connectivity index (χ3v) is 7.48. The molecule has 2 amide bonds. The van der Waals surface area contributed by atoms with Crippen LogP contribution in [0.3, 0.4) is 0 Å². The summed E-state index contributed by atoms with van der Waals surface area (Å²) in [6.45, 7) is 0.534. The average molecular weight is 520 g/mol. The molecule has 0 bridgehead atoms. The number of fused-ring (bicyclic) bond motifs is 1. The van der Waals surface area contributed by atoms with Crippen LogP contribution in [-0.2, 0) is 22.6 Å². The Morgan fingerprint density at radius 2 is 1.86 bits per heavy atom. The van der Waals surface area contributed by atoms with Crippen LogP contribution < -0.4 is 10.9 Å². The van der Waals surface area contributed by atoms with Gasteiger partial charge in [-0.15, -0.1) is 0 Å². The maximum Gasteiger partial charge on any atom is 0.293 e. The quantitative estimate of drug-likeness (QED) is 0.515. The van der Waals surface area contributed by atoms with Crippen LogP contribution >= 0.6 is 10.0 Å². The minimum Gasteiger partial charge on any atom is -0.380 e. The molecule has 3 aromatic rings. The third-order valence-electron chi connectivity index (χ3n) is 5.87. The molecule has 4 rings (SSSR count). The highest BCUT2D eigenvalue weighted by atomic mass is 32.3. The van der Waals surface area contributed by atoms with Crippen molar-refractivity contribution in [2.45, 2.75) is 24.0 Å². The highest BCUT2D eigenvalue weighted by molar-refractivity contribution is 8.32. The van der Waals surface area contributed by atoms with Crippen molar-refractivity contribution in [1.29, 1.82) is 0 Å². The van der Waals surface area contributed by atoms with Gasteiger partial charge in [0.25, 0.3) is 17.4 Å². The van der Waals surface area contributed by atoms with Crippen molar-refractivity contribution in [3.05, 3.63) is 80.8 Å². The number of hydrogen-bond acceptors (Lipinski definition) is 5. The van der Waals surface area contributed by atoms with Gasteiger partial charge in [0.05, 0.1) is 17.6 Å². The highest BCUT2D eigenvalue weighted by Gasteiger charge is 2.38. The number of amides is 2. The van der Waals surface area contributed by atoms with E-state index in [0.29, 0.717) is 18.6 Å². The molecule has 0 radical (unpaired) electrons. The third kappa shape index (κ3) is 5.07. The molecule has 2 N–H and O–H groups in total. The molecule has 2 heterocycles. The molecule has 1 aliphatic heterocycles. The Bertz CT molecular complexity index is 1360. The van der Waals surface area contributed by atoms with Gasteiger partial charge < -0.3 is 19.5 Å². The lowest BCUT2D eigenvalue weighted by Crippen LogP contribution is -2.45. The Hall–Kier alpha value is -3.44. The summed E-state index contributed by atoms with van der Waals surface area (Å²) in [5, 5.41) is 4.63. The predicted molar refractivity (Wildman–Crippen MR) is 133 cm³/mol. The molecular formula is C25H27F2N3O5S. The standard InChI is InChI=1S/C25H27F2N3O5S/c1-34-13-14-5-6-17-15(9-14)7-8-30(25(33)20-12-21(31)29-35-20)22(17)24(32)28-16-10-18(26)23(19(27)11-16)36(2,3)4/h5-6,9-12,22H,7-8,13H2,1-4H3,(H,28,32)(H,29,31)/t22-/m1/s1. The highest BCUT2D eigenvalue weighted by Crippen LogP contribution is 2.48. The molecule has 1 aliphatic rings. The van der Waals surface area contributed by atoms with Gasteiger partial charge in [-0.2, -0.15) is 5.16 Å². The summed E-state index contributed by atoms with van der Waals surface area (Å²) in [5.74, 6) is -3.06. The number of aromatic amines is 1. The van der Waals surface area contributed by atoms with E-state index in [4.69, 9.17) is 9.26 Å². The fourth-order valence-corrected chi connectivity index (χ4v) is 5.68. The van der Waals surface area contributed by atoms with E-state index in [1.165, 1.54) is 4.90 Å². The molecule has 8 nitrogen and oxygen atoms in total. The number of hydrogen-bond donors (Lipinski definition) is 2. The first-order valence-corrected chi connectivity index (χ1v) is 13.9. The molecule has 11 heteroatoms. The van der Waals surface area contributed by atoms with E-state index in [1.54, 1.807) is 38.0 Å². The fraction of sp³-hybridized carbons (Fsp3) is 0.320. The molecule has 0 saturated carbocycles. The molecular weight excluding hydrogens is 492 g/mol. The van der Waals surface area contributed by atoms with E-state index >= 15 is 0 Å². The molecule has 1 atom stereocenters. The predicted octanol–water partition coefficient (Wildman–Crippen LogP) is 3.82. The number of carbonyl (C=O) groups is 2. The van der Waals surface area contributed by atoms with Gasteiger partial charge in [-0.1, -0.05) is 18.2 Å². The number of rotatable bonds is 6. The molecule has 36 heavy (non-hydrogen) atoms. The van der Waals surface area contributed by atoms with Crippen LogP contribution in [-0.4, -0.2) is 54.3 Å². The summed E-state index contributed by atoms with van der Waals surface area (Å²) in [4.78, 5) is 39.5. The first-order valence-electron chi connectivity index (χ1n) is 11.1. The van der Waals surface area contributed by atoms with Crippen molar-refractivity contribution >= 4 is 27.5 Å². The molecule has 1 aromatic heterocycles. The van der Waals surface area contributed by atoms with Crippen LogP contribution in [0.4, 0.5) is 14.5 Å². The summed E-state index contributed by atoms with van der Waals surface area (Å²) in [6, 6.07) is 7.46. The van der Waals surface area contributed by atoms with Crippen molar-refractivity contribution in [2.24, 2.45) is 0 Å². The second-order valence-electron chi connectivity index (χ2n) is 9.29. The number of methoxy groups -OCH3 is 1. The summed E-state index contributed by atoms with van der Waals surface area (Å²) in [7, 11) is -0.117. The normalized spacial score (nSPS) is 15.9. The van der Waals surface area contributed by atoms with Crippen molar-refractivity contribution in [2.75, 3.05) is 37.7 Å².